The van der Waals surface area contributed by atoms with Gasteiger partial charge in [-0.3, -0.25) is 4.79 Å². The first-order valence-corrected chi connectivity index (χ1v) is 6.32. The van der Waals surface area contributed by atoms with Crippen molar-refractivity contribution < 1.29 is 9.53 Å². The fraction of sp³-hybridized carbons (Fsp3) is 0.267. The molecule has 0 aliphatic carbocycles. The smallest absolute Gasteiger partial charge is 0.236 e. The van der Waals surface area contributed by atoms with E-state index < -0.39 is 5.41 Å². The molecule has 1 aliphatic heterocycles. The van der Waals surface area contributed by atoms with Gasteiger partial charge in [0, 0.05) is 17.6 Å². The molecule has 0 radical (unpaired) electrons. The Morgan fingerprint density at radius 2 is 1.95 bits per heavy atom. The largest absolute Gasteiger partial charge is 0.379 e. The highest BCUT2D eigenvalue weighted by molar-refractivity contribution is 6.04. The van der Waals surface area contributed by atoms with Crippen molar-refractivity contribution in [3.63, 3.8) is 0 Å². The molecule has 1 aliphatic rings. The molecular formula is C15H16N2O2. The van der Waals surface area contributed by atoms with E-state index in [0.717, 1.165) is 16.5 Å². The van der Waals surface area contributed by atoms with Gasteiger partial charge in [-0.05, 0) is 11.5 Å². The zero-order valence-corrected chi connectivity index (χ0v) is 10.6. The summed E-state index contributed by atoms with van der Waals surface area (Å²) in [4.78, 5) is 12.3. The van der Waals surface area contributed by atoms with Gasteiger partial charge in [-0.25, -0.2) is 0 Å². The fourth-order valence-corrected chi connectivity index (χ4v) is 2.28. The minimum absolute atomic E-state index is 0.0578. The first-order chi connectivity index (χ1) is 9.25. The summed E-state index contributed by atoms with van der Waals surface area (Å²) in [5.74, 6) is -0.0578. The Balaban J connectivity index is 1.91. The van der Waals surface area contributed by atoms with Crippen molar-refractivity contribution in [2.24, 2.45) is 11.1 Å². The Morgan fingerprint density at radius 1 is 1.21 bits per heavy atom. The van der Waals surface area contributed by atoms with E-state index in [4.69, 9.17) is 10.5 Å². The number of ether oxygens (including phenoxy) is 1. The number of fused-ring (bicyclic) bond motifs is 1. The molecule has 0 unspecified atom stereocenters. The molecule has 0 spiro atoms. The van der Waals surface area contributed by atoms with Crippen LogP contribution in [0.3, 0.4) is 0 Å². The SMILES string of the molecule is NCC1(C(=O)Nc2cccc3ccccc23)COC1. The Labute approximate surface area is 111 Å². The number of hydrogen-bond acceptors (Lipinski definition) is 3. The maximum atomic E-state index is 12.3. The normalized spacial score (nSPS) is 16.9. The monoisotopic (exact) mass is 256 g/mol. The van der Waals surface area contributed by atoms with E-state index in [2.05, 4.69) is 5.32 Å². The van der Waals surface area contributed by atoms with Crippen molar-refractivity contribution in [3.8, 4) is 0 Å². The predicted molar refractivity (Wildman–Crippen MR) is 74.9 cm³/mol. The lowest BCUT2D eigenvalue weighted by molar-refractivity contribution is -0.153. The van der Waals surface area contributed by atoms with Crippen LogP contribution < -0.4 is 11.1 Å². The summed E-state index contributed by atoms with van der Waals surface area (Å²) < 4.78 is 5.13. The van der Waals surface area contributed by atoms with E-state index in [-0.39, 0.29) is 5.91 Å². The van der Waals surface area contributed by atoms with Gasteiger partial charge in [0.05, 0.1) is 13.2 Å². The van der Waals surface area contributed by atoms with Gasteiger partial charge in [0.25, 0.3) is 0 Å². The van der Waals surface area contributed by atoms with E-state index in [0.29, 0.717) is 19.8 Å². The molecule has 2 aromatic carbocycles. The van der Waals surface area contributed by atoms with Crippen LogP contribution in [0.25, 0.3) is 10.8 Å². The number of carbonyl (C=O) groups is 1. The second-order valence-electron chi connectivity index (χ2n) is 4.96. The number of anilines is 1. The molecule has 1 fully saturated rings. The van der Waals surface area contributed by atoms with Gasteiger partial charge in [-0.15, -0.1) is 0 Å². The van der Waals surface area contributed by atoms with Crippen LogP contribution in [0.4, 0.5) is 5.69 Å². The van der Waals surface area contributed by atoms with Crippen LogP contribution in [0.5, 0.6) is 0 Å². The Kier molecular flexibility index (Phi) is 2.97. The Hall–Kier alpha value is -1.91. The van der Waals surface area contributed by atoms with Crippen molar-refractivity contribution in [1.82, 2.24) is 0 Å². The fourth-order valence-electron chi connectivity index (χ4n) is 2.28. The van der Waals surface area contributed by atoms with Crippen LogP contribution in [-0.2, 0) is 9.53 Å². The molecule has 3 rings (SSSR count). The molecule has 0 atom stereocenters. The lowest BCUT2D eigenvalue weighted by Gasteiger charge is -2.38. The third kappa shape index (κ3) is 1.99. The lowest BCUT2D eigenvalue weighted by atomic mass is 9.85. The third-order valence-electron chi connectivity index (χ3n) is 3.67. The standard InChI is InChI=1S/C15H16N2O2/c16-8-15(9-19-10-15)14(18)17-13-7-3-5-11-4-1-2-6-12(11)13/h1-7H,8-10,16H2,(H,17,18). The molecule has 0 bridgehead atoms. The molecule has 4 heteroatoms. The van der Waals surface area contributed by atoms with Crippen LogP contribution >= 0.6 is 0 Å². The molecule has 1 heterocycles. The lowest BCUT2D eigenvalue weighted by Crippen LogP contribution is -2.56. The average Bonchev–Trinajstić information content (AvgIpc) is 2.38. The van der Waals surface area contributed by atoms with Crippen molar-refractivity contribution >= 4 is 22.4 Å². The molecule has 3 N–H and O–H groups in total. The predicted octanol–water partition coefficient (Wildman–Crippen LogP) is 1.75. The van der Waals surface area contributed by atoms with Gasteiger partial charge in [0.1, 0.15) is 5.41 Å². The molecule has 2 aromatic rings. The minimum atomic E-state index is -0.559. The number of carbonyl (C=O) groups excluding carboxylic acids is 1. The van der Waals surface area contributed by atoms with E-state index >= 15 is 0 Å². The highest BCUT2D eigenvalue weighted by atomic mass is 16.5. The molecule has 1 amide bonds. The number of hydrogen-bond donors (Lipinski definition) is 2. The van der Waals surface area contributed by atoms with Crippen LogP contribution in [-0.4, -0.2) is 25.7 Å². The van der Waals surface area contributed by atoms with Crippen molar-refractivity contribution in [1.29, 1.82) is 0 Å². The molecule has 1 saturated heterocycles. The number of benzene rings is 2. The summed E-state index contributed by atoms with van der Waals surface area (Å²) in [5.41, 5.74) is 5.96. The van der Waals surface area contributed by atoms with Gasteiger partial charge in [-0.1, -0.05) is 36.4 Å². The number of rotatable bonds is 3. The van der Waals surface area contributed by atoms with Gasteiger partial charge in [0.2, 0.25) is 5.91 Å². The van der Waals surface area contributed by atoms with Gasteiger partial charge in [-0.2, -0.15) is 0 Å². The van der Waals surface area contributed by atoms with Crippen molar-refractivity contribution in [2.45, 2.75) is 0 Å². The summed E-state index contributed by atoms with van der Waals surface area (Å²) in [6, 6.07) is 13.8. The summed E-state index contributed by atoms with van der Waals surface area (Å²) >= 11 is 0. The maximum Gasteiger partial charge on any atom is 0.236 e. The molecule has 19 heavy (non-hydrogen) atoms. The van der Waals surface area contributed by atoms with E-state index in [1.54, 1.807) is 0 Å². The van der Waals surface area contributed by atoms with Crippen LogP contribution in [0, 0.1) is 5.41 Å². The average molecular weight is 256 g/mol. The molecule has 4 nitrogen and oxygen atoms in total. The third-order valence-corrected chi connectivity index (χ3v) is 3.67. The summed E-state index contributed by atoms with van der Waals surface area (Å²) in [7, 11) is 0. The van der Waals surface area contributed by atoms with Crippen molar-refractivity contribution in [2.75, 3.05) is 25.1 Å². The highest BCUT2D eigenvalue weighted by Crippen LogP contribution is 2.30. The number of nitrogens with two attached hydrogens (primary N) is 1. The quantitative estimate of drug-likeness (QED) is 0.879. The van der Waals surface area contributed by atoms with E-state index in [9.17, 15) is 4.79 Å². The number of amides is 1. The van der Waals surface area contributed by atoms with Crippen LogP contribution in [0.2, 0.25) is 0 Å². The van der Waals surface area contributed by atoms with E-state index in [1.807, 2.05) is 42.5 Å². The van der Waals surface area contributed by atoms with Gasteiger partial charge in [0.15, 0.2) is 0 Å². The molecule has 98 valence electrons. The summed E-state index contributed by atoms with van der Waals surface area (Å²) in [5, 5.41) is 5.12. The second kappa shape index (κ2) is 4.64. The Bertz CT molecular complexity index is 610. The first kappa shape index (κ1) is 12.1. The topological polar surface area (TPSA) is 64.4 Å². The Morgan fingerprint density at radius 3 is 2.63 bits per heavy atom. The van der Waals surface area contributed by atoms with Crippen LogP contribution in [0.1, 0.15) is 0 Å². The zero-order valence-electron chi connectivity index (χ0n) is 10.6. The summed E-state index contributed by atoms with van der Waals surface area (Å²) in [6.07, 6.45) is 0. The molecule has 0 saturated carbocycles. The first-order valence-electron chi connectivity index (χ1n) is 6.32. The maximum absolute atomic E-state index is 12.3. The second-order valence-corrected chi connectivity index (χ2v) is 4.96. The minimum Gasteiger partial charge on any atom is -0.379 e. The molecular weight excluding hydrogens is 240 g/mol. The van der Waals surface area contributed by atoms with Crippen molar-refractivity contribution in [3.05, 3.63) is 42.5 Å². The number of nitrogens with one attached hydrogen (secondary N) is 1. The molecule has 0 aromatic heterocycles. The van der Waals surface area contributed by atoms with Gasteiger partial charge < -0.3 is 15.8 Å². The van der Waals surface area contributed by atoms with Gasteiger partial charge >= 0.3 is 0 Å². The van der Waals surface area contributed by atoms with E-state index in [1.165, 1.54) is 0 Å². The zero-order chi connectivity index (χ0) is 13.3. The van der Waals surface area contributed by atoms with Crippen LogP contribution in [0.15, 0.2) is 42.5 Å². The highest BCUT2D eigenvalue weighted by Gasteiger charge is 2.44. The summed E-state index contributed by atoms with van der Waals surface area (Å²) in [6.45, 7) is 1.11.